The highest BCUT2D eigenvalue weighted by atomic mass is 16.1. The van der Waals surface area contributed by atoms with Crippen LogP contribution in [0.25, 0.3) is 0 Å². The Bertz CT molecular complexity index is 581. The summed E-state index contributed by atoms with van der Waals surface area (Å²) in [5.41, 5.74) is 9.15. The lowest BCUT2D eigenvalue weighted by molar-refractivity contribution is 0.0950. The molecule has 0 aliphatic rings. The van der Waals surface area contributed by atoms with Crippen LogP contribution in [0.2, 0.25) is 0 Å². The minimum atomic E-state index is -0.0938. The molecular weight excluding hydrogens is 238 g/mol. The Labute approximate surface area is 112 Å². The van der Waals surface area contributed by atoms with Gasteiger partial charge < -0.3 is 11.1 Å². The lowest BCUT2D eigenvalue weighted by Gasteiger charge is -2.07. The van der Waals surface area contributed by atoms with Gasteiger partial charge in [-0.05, 0) is 30.2 Å². The van der Waals surface area contributed by atoms with E-state index < -0.39 is 0 Å². The lowest BCUT2D eigenvalue weighted by Crippen LogP contribution is -2.23. The van der Waals surface area contributed by atoms with Crippen molar-refractivity contribution in [1.29, 1.82) is 0 Å². The van der Waals surface area contributed by atoms with Crippen LogP contribution in [0, 0.1) is 6.92 Å². The quantitative estimate of drug-likeness (QED) is 0.875. The van der Waals surface area contributed by atoms with Gasteiger partial charge in [-0.25, -0.2) is 0 Å². The highest BCUT2D eigenvalue weighted by Crippen LogP contribution is 2.05. The first-order chi connectivity index (χ1) is 9.19. The average Bonchev–Trinajstić information content (AvgIpc) is 2.45. The number of benzene rings is 1. The smallest absolute Gasteiger partial charge is 0.251 e. The van der Waals surface area contributed by atoms with E-state index in [9.17, 15) is 4.79 Å². The van der Waals surface area contributed by atoms with Crippen LogP contribution in [0.15, 0.2) is 42.6 Å². The first-order valence-electron chi connectivity index (χ1n) is 6.18. The normalized spacial score (nSPS) is 10.2. The monoisotopic (exact) mass is 255 g/mol. The predicted octanol–water partition coefficient (Wildman–Crippen LogP) is 1.78. The minimum Gasteiger partial charge on any atom is -0.348 e. The topological polar surface area (TPSA) is 68.0 Å². The van der Waals surface area contributed by atoms with Crippen LogP contribution in [-0.2, 0) is 13.1 Å². The van der Waals surface area contributed by atoms with Crippen molar-refractivity contribution in [2.75, 3.05) is 0 Å². The number of rotatable bonds is 4. The zero-order valence-corrected chi connectivity index (χ0v) is 10.9. The maximum absolute atomic E-state index is 12.0. The third-order valence-corrected chi connectivity index (χ3v) is 2.84. The molecule has 0 saturated heterocycles. The summed E-state index contributed by atoms with van der Waals surface area (Å²) >= 11 is 0. The molecule has 0 bridgehead atoms. The Morgan fingerprint density at radius 1 is 1.26 bits per heavy atom. The van der Waals surface area contributed by atoms with Crippen molar-refractivity contribution >= 4 is 5.91 Å². The van der Waals surface area contributed by atoms with Crippen LogP contribution in [-0.4, -0.2) is 10.9 Å². The molecule has 1 heterocycles. The molecule has 0 spiro atoms. The second-order valence-corrected chi connectivity index (χ2v) is 4.39. The van der Waals surface area contributed by atoms with E-state index in [1.807, 2.05) is 31.2 Å². The molecule has 0 fully saturated rings. The van der Waals surface area contributed by atoms with Crippen molar-refractivity contribution in [2.45, 2.75) is 20.0 Å². The summed E-state index contributed by atoms with van der Waals surface area (Å²) in [5.74, 6) is -0.0938. The molecule has 1 aromatic heterocycles. The fraction of sp³-hybridized carbons (Fsp3) is 0.200. The molecule has 2 aromatic rings. The molecule has 0 radical (unpaired) electrons. The fourth-order valence-corrected chi connectivity index (χ4v) is 1.84. The van der Waals surface area contributed by atoms with Gasteiger partial charge in [-0.3, -0.25) is 9.78 Å². The van der Waals surface area contributed by atoms with E-state index in [-0.39, 0.29) is 5.91 Å². The molecule has 0 saturated carbocycles. The zero-order valence-electron chi connectivity index (χ0n) is 10.9. The Morgan fingerprint density at radius 2 is 2.05 bits per heavy atom. The number of carbonyl (C=O) groups excluding carboxylic acids is 1. The SMILES string of the molecule is Cc1cc(C(=O)NCc2cccc(CN)c2)ccn1. The summed E-state index contributed by atoms with van der Waals surface area (Å²) in [6.07, 6.45) is 1.64. The van der Waals surface area contributed by atoms with E-state index in [0.717, 1.165) is 16.8 Å². The third-order valence-electron chi connectivity index (χ3n) is 2.84. The Hall–Kier alpha value is -2.20. The molecule has 98 valence electrons. The average molecular weight is 255 g/mol. The Morgan fingerprint density at radius 3 is 2.79 bits per heavy atom. The molecule has 0 atom stereocenters. The number of nitrogens with two attached hydrogens (primary N) is 1. The molecule has 0 unspecified atom stereocenters. The van der Waals surface area contributed by atoms with E-state index in [1.165, 1.54) is 0 Å². The molecular formula is C15H17N3O. The van der Waals surface area contributed by atoms with Crippen LogP contribution in [0.4, 0.5) is 0 Å². The maximum atomic E-state index is 12.0. The summed E-state index contributed by atoms with van der Waals surface area (Å²) < 4.78 is 0. The maximum Gasteiger partial charge on any atom is 0.251 e. The van der Waals surface area contributed by atoms with Gasteiger partial charge in [0.1, 0.15) is 0 Å². The molecule has 0 aliphatic carbocycles. The highest BCUT2D eigenvalue weighted by molar-refractivity contribution is 5.94. The second kappa shape index (κ2) is 6.11. The summed E-state index contributed by atoms with van der Waals surface area (Å²) in [4.78, 5) is 16.0. The summed E-state index contributed by atoms with van der Waals surface area (Å²) in [6.45, 7) is 2.86. The van der Waals surface area contributed by atoms with Crippen molar-refractivity contribution in [3.05, 3.63) is 65.0 Å². The number of pyridine rings is 1. The number of amides is 1. The van der Waals surface area contributed by atoms with Gasteiger partial charge in [-0.1, -0.05) is 24.3 Å². The van der Waals surface area contributed by atoms with Crippen LogP contribution in [0.1, 0.15) is 27.2 Å². The number of nitrogens with zero attached hydrogens (tertiary/aromatic N) is 1. The van der Waals surface area contributed by atoms with Crippen LogP contribution in [0.3, 0.4) is 0 Å². The van der Waals surface area contributed by atoms with Gasteiger partial charge in [-0.2, -0.15) is 0 Å². The molecule has 1 aromatic carbocycles. The molecule has 3 N–H and O–H groups in total. The standard InChI is InChI=1S/C15H17N3O/c1-11-7-14(5-6-17-11)15(19)18-10-13-4-2-3-12(8-13)9-16/h2-8H,9-10,16H2,1H3,(H,18,19). The van der Waals surface area contributed by atoms with E-state index in [0.29, 0.717) is 18.7 Å². The van der Waals surface area contributed by atoms with Crippen molar-refractivity contribution in [1.82, 2.24) is 10.3 Å². The van der Waals surface area contributed by atoms with Crippen molar-refractivity contribution in [3.63, 3.8) is 0 Å². The Balaban J connectivity index is 2.00. The van der Waals surface area contributed by atoms with Gasteiger partial charge in [-0.15, -0.1) is 0 Å². The van der Waals surface area contributed by atoms with Crippen molar-refractivity contribution < 1.29 is 4.79 Å². The second-order valence-electron chi connectivity index (χ2n) is 4.39. The number of aromatic nitrogens is 1. The van der Waals surface area contributed by atoms with Crippen LogP contribution < -0.4 is 11.1 Å². The van der Waals surface area contributed by atoms with Crippen LogP contribution in [0.5, 0.6) is 0 Å². The number of hydrogen-bond donors (Lipinski definition) is 2. The molecule has 0 aliphatic heterocycles. The van der Waals surface area contributed by atoms with Gasteiger partial charge in [0.05, 0.1) is 0 Å². The van der Waals surface area contributed by atoms with Gasteiger partial charge in [0, 0.05) is 30.5 Å². The van der Waals surface area contributed by atoms with E-state index in [4.69, 9.17) is 5.73 Å². The lowest BCUT2D eigenvalue weighted by atomic mass is 10.1. The molecule has 2 rings (SSSR count). The first kappa shape index (κ1) is 13.2. The van der Waals surface area contributed by atoms with Gasteiger partial charge in [0.25, 0.3) is 5.91 Å². The summed E-state index contributed by atoms with van der Waals surface area (Å²) in [5, 5.41) is 2.89. The largest absolute Gasteiger partial charge is 0.348 e. The summed E-state index contributed by atoms with van der Waals surface area (Å²) in [6, 6.07) is 11.4. The van der Waals surface area contributed by atoms with Crippen molar-refractivity contribution in [2.24, 2.45) is 5.73 Å². The third kappa shape index (κ3) is 3.63. The van der Waals surface area contributed by atoms with Crippen molar-refractivity contribution in [3.8, 4) is 0 Å². The molecule has 4 nitrogen and oxygen atoms in total. The summed E-state index contributed by atoms with van der Waals surface area (Å²) in [7, 11) is 0. The van der Waals surface area contributed by atoms with E-state index in [1.54, 1.807) is 18.3 Å². The van der Waals surface area contributed by atoms with E-state index in [2.05, 4.69) is 10.3 Å². The van der Waals surface area contributed by atoms with E-state index >= 15 is 0 Å². The number of nitrogens with one attached hydrogen (secondary N) is 1. The number of hydrogen-bond acceptors (Lipinski definition) is 3. The van der Waals surface area contributed by atoms with Crippen LogP contribution >= 0.6 is 0 Å². The number of carbonyl (C=O) groups is 1. The zero-order chi connectivity index (χ0) is 13.7. The fourth-order valence-electron chi connectivity index (χ4n) is 1.84. The molecule has 1 amide bonds. The number of aryl methyl sites for hydroxylation is 1. The molecule has 4 heteroatoms. The Kier molecular flexibility index (Phi) is 4.26. The minimum absolute atomic E-state index is 0.0938. The highest BCUT2D eigenvalue weighted by Gasteiger charge is 2.05. The van der Waals surface area contributed by atoms with Gasteiger partial charge >= 0.3 is 0 Å². The van der Waals surface area contributed by atoms with Gasteiger partial charge in [0.2, 0.25) is 0 Å². The first-order valence-corrected chi connectivity index (χ1v) is 6.18. The molecule has 19 heavy (non-hydrogen) atoms. The predicted molar refractivity (Wildman–Crippen MR) is 74.5 cm³/mol. The van der Waals surface area contributed by atoms with Gasteiger partial charge in [0.15, 0.2) is 0 Å².